The molecule has 0 aromatic rings. The molecule has 6 heteroatoms. The molecule has 0 rings (SSSR count). The SMILES string of the molecule is C=C(C)C(=O)OC.C=CC(=O)OC.C=CC(=O)OCCCC. The zero-order valence-corrected chi connectivity index (χ0v) is 13.8. The van der Waals surface area contributed by atoms with Crippen molar-refractivity contribution in [3.8, 4) is 0 Å². The van der Waals surface area contributed by atoms with Gasteiger partial charge in [0.2, 0.25) is 0 Å². The summed E-state index contributed by atoms with van der Waals surface area (Å²) in [6.07, 6.45) is 4.26. The van der Waals surface area contributed by atoms with Gasteiger partial charge < -0.3 is 14.2 Å². The average molecular weight is 314 g/mol. The van der Waals surface area contributed by atoms with Gasteiger partial charge in [0.15, 0.2) is 0 Å². The van der Waals surface area contributed by atoms with E-state index in [1.165, 1.54) is 20.3 Å². The van der Waals surface area contributed by atoms with Crippen LogP contribution < -0.4 is 0 Å². The molecule has 0 bridgehead atoms. The van der Waals surface area contributed by atoms with Gasteiger partial charge in [0.25, 0.3) is 0 Å². The zero-order chi connectivity index (χ0) is 18.0. The average Bonchev–Trinajstić information content (AvgIpc) is 2.54. The summed E-state index contributed by atoms with van der Waals surface area (Å²) in [6, 6.07) is 0. The maximum Gasteiger partial charge on any atom is 0.332 e. The second-order valence-electron chi connectivity index (χ2n) is 3.72. The van der Waals surface area contributed by atoms with Crippen molar-refractivity contribution < 1.29 is 28.6 Å². The van der Waals surface area contributed by atoms with Crippen molar-refractivity contribution in [2.45, 2.75) is 26.7 Å². The highest BCUT2D eigenvalue weighted by molar-refractivity contribution is 5.86. The fourth-order valence-electron chi connectivity index (χ4n) is 0.634. The van der Waals surface area contributed by atoms with E-state index in [0.717, 1.165) is 18.9 Å². The molecule has 22 heavy (non-hydrogen) atoms. The van der Waals surface area contributed by atoms with Gasteiger partial charge in [-0.1, -0.05) is 33.1 Å². The first kappa shape index (κ1) is 24.6. The predicted octanol–water partition coefficient (Wildman–Crippen LogP) is 2.60. The van der Waals surface area contributed by atoms with E-state index in [4.69, 9.17) is 0 Å². The van der Waals surface area contributed by atoms with E-state index in [1.807, 2.05) is 6.92 Å². The number of esters is 3. The maximum absolute atomic E-state index is 10.3. The highest BCUT2D eigenvalue weighted by atomic mass is 16.5. The molecule has 0 atom stereocenters. The molecule has 0 N–H and O–H groups in total. The molecule has 0 heterocycles. The smallest absolute Gasteiger partial charge is 0.332 e. The van der Waals surface area contributed by atoms with E-state index in [0.29, 0.717) is 12.2 Å². The number of hydrogen-bond donors (Lipinski definition) is 0. The minimum atomic E-state index is -0.394. The minimum Gasteiger partial charge on any atom is -0.466 e. The Morgan fingerprint density at radius 1 is 1.00 bits per heavy atom. The van der Waals surface area contributed by atoms with E-state index in [-0.39, 0.29) is 11.9 Å². The Morgan fingerprint density at radius 3 is 1.68 bits per heavy atom. The van der Waals surface area contributed by atoms with Gasteiger partial charge in [0.05, 0.1) is 20.8 Å². The van der Waals surface area contributed by atoms with Crippen LogP contribution in [0.5, 0.6) is 0 Å². The van der Waals surface area contributed by atoms with Gasteiger partial charge in [0, 0.05) is 17.7 Å². The van der Waals surface area contributed by atoms with Crippen LogP contribution in [0.2, 0.25) is 0 Å². The molecule has 0 aliphatic rings. The van der Waals surface area contributed by atoms with E-state index in [2.05, 4.69) is 33.9 Å². The van der Waals surface area contributed by atoms with Crippen molar-refractivity contribution in [3.05, 3.63) is 37.5 Å². The molecule has 0 saturated heterocycles. The molecule has 0 aliphatic carbocycles. The fourth-order valence-corrected chi connectivity index (χ4v) is 0.634. The Bertz CT molecular complexity index is 371. The lowest BCUT2D eigenvalue weighted by Gasteiger charge is -1.97. The van der Waals surface area contributed by atoms with Crippen LogP contribution in [0.4, 0.5) is 0 Å². The predicted molar refractivity (Wildman–Crippen MR) is 85.1 cm³/mol. The number of methoxy groups -OCH3 is 2. The van der Waals surface area contributed by atoms with Crippen LogP contribution in [0.1, 0.15) is 26.7 Å². The first-order valence-corrected chi connectivity index (χ1v) is 6.53. The molecular formula is C16H26O6. The largest absolute Gasteiger partial charge is 0.466 e. The van der Waals surface area contributed by atoms with E-state index >= 15 is 0 Å². The molecule has 0 fully saturated rings. The van der Waals surface area contributed by atoms with Gasteiger partial charge in [-0.05, 0) is 13.3 Å². The highest BCUT2D eigenvalue weighted by Gasteiger charge is 1.95. The van der Waals surface area contributed by atoms with E-state index in [1.54, 1.807) is 6.92 Å². The summed E-state index contributed by atoms with van der Waals surface area (Å²) in [7, 11) is 2.64. The molecule has 0 radical (unpaired) electrons. The van der Waals surface area contributed by atoms with E-state index < -0.39 is 5.97 Å². The number of hydrogen-bond acceptors (Lipinski definition) is 6. The van der Waals surface area contributed by atoms with Crippen LogP contribution in [0.3, 0.4) is 0 Å². The molecule has 126 valence electrons. The van der Waals surface area contributed by atoms with Crippen LogP contribution >= 0.6 is 0 Å². The number of ether oxygens (including phenoxy) is 3. The highest BCUT2D eigenvalue weighted by Crippen LogP contribution is 1.88. The van der Waals surface area contributed by atoms with Crippen molar-refractivity contribution in [2.75, 3.05) is 20.8 Å². The Balaban J connectivity index is -0.000000252. The zero-order valence-electron chi connectivity index (χ0n) is 13.8. The van der Waals surface area contributed by atoms with Crippen molar-refractivity contribution in [2.24, 2.45) is 0 Å². The number of carbonyl (C=O) groups excluding carboxylic acids is 3. The third-order valence-electron chi connectivity index (χ3n) is 1.81. The molecule has 0 spiro atoms. The van der Waals surface area contributed by atoms with Gasteiger partial charge >= 0.3 is 17.9 Å². The molecule has 0 amide bonds. The summed E-state index contributed by atoms with van der Waals surface area (Å²) in [5.41, 5.74) is 0.433. The summed E-state index contributed by atoms with van der Waals surface area (Å²) >= 11 is 0. The quantitative estimate of drug-likeness (QED) is 0.324. The number of carbonyl (C=O) groups is 3. The minimum absolute atomic E-state index is 0.330. The topological polar surface area (TPSA) is 78.9 Å². The molecule has 6 nitrogen and oxygen atoms in total. The second kappa shape index (κ2) is 18.6. The molecule has 0 aliphatic heterocycles. The molecule has 0 unspecified atom stereocenters. The second-order valence-corrected chi connectivity index (χ2v) is 3.72. The van der Waals surface area contributed by atoms with Gasteiger partial charge in [-0.2, -0.15) is 0 Å². The normalized spacial score (nSPS) is 7.82. The Hall–Kier alpha value is -2.37. The molecule has 0 aromatic carbocycles. The summed E-state index contributed by atoms with van der Waals surface area (Å²) in [4.78, 5) is 30.4. The number of rotatable bonds is 6. The fraction of sp³-hybridized carbons (Fsp3) is 0.438. The first-order valence-electron chi connectivity index (χ1n) is 6.53. The third-order valence-corrected chi connectivity index (χ3v) is 1.81. The van der Waals surface area contributed by atoms with E-state index in [9.17, 15) is 14.4 Å². The monoisotopic (exact) mass is 314 g/mol. The Labute approximate surface area is 132 Å². The Kier molecular flexibility index (Phi) is 20.9. The molecule has 0 saturated carbocycles. The standard InChI is InChI=1S/C7H12O2.C5H8O2.C4H6O2/c1-3-5-6-9-7(8)4-2;1-4(2)5(6)7-3;1-3-4(5)6-2/h4H,2-3,5-6H2,1H3;1H2,2-3H3;3H,1H2,2H3. The van der Waals surface area contributed by atoms with Gasteiger partial charge in [0.1, 0.15) is 0 Å². The summed E-state index contributed by atoms with van der Waals surface area (Å²) in [5.74, 6) is -1.07. The van der Waals surface area contributed by atoms with Crippen LogP contribution in [-0.4, -0.2) is 38.7 Å². The van der Waals surface area contributed by atoms with Crippen LogP contribution in [0.15, 0.2) is 37.5 Å². The summed E-state index contributed by atoms with van der Waals surface area (Å²) < 4.78 is 13.1. The van der Waals surface area contributed by atoms with Crippen molar-refractivity contribution in [3.63, 3.8) is 0 Å². The van der Waals surface area contributed by atoms with Crippen molar-refractivity contribution >= 4 is 17.9 Å². The Morgan fingerprint density at radius 2 is 1.50 bits per heavy atom. The van der Waals surface area contributed by atoms with Crippen LogP contribution in [0, 0.1) is 0 Å². The lowest BCUT2D eigenvalue weighted by atomic mass is 10.4. The van der Waals surface area contributed by atoms with Gasteiger partial charge in [-0.15, -0.1) is 0 Å². The van der Waals surface area contributed by atoms with Crippen molar-refractivity contribution in [1.29, 1.82) is 0 Å². The maximum atomic E-state index is 10.3. The first-order chi connectivity index (χ1) is 10.3. The third kappa shape index (κ3) is 22.8. The van der Waals surface area contributed by atoms with Crippen LogP contribution in [-0.2, 0) is 28.6 Å². The van der Waals surface area contributed by atoms with Crippen molar-refractivity contribution in [1.82, 2.24) is 0 Å². The molecule has 0 aromatic heterocycles. The number of unbranched alkanes of at least 4 members (excludes halogenated alkanes) is 1. The van der Waals surface area contributed by atoms with Crippen LogP contribution in [0.25, 0.3) is 0 Å². The lowest BCUT2D eigenvalue weighted by molar-refractivity contribution is -0.138. The summed E-state index contributed by atoms with van der Waals surface area (Å²) in [5, 5.41) is 0. The van der Waals surface area contributed by atoms with Gasteiger partial charge in [-0.3, -0.25) is 0 Å². The summed E-state index contributed by atoms with van der Waals surface area (Å²) in [6.45, 7) is 13.9. The van der Waals surface area contributed by atoms with Gasteiger partial charge in [-0.25, -0.2) is 14.4 Å². The lowest BCUT2D eigenvalue weighted by Crippen LogP contribution is -2.00. The molecular weight excluding hydrogens is 288 g/mol.